The van der Waals surface area contributed by atoms with Crippen LogP contribution < -0.4 is 5.32 Å². The zero-order valence-corrected chi connectivity index (χ0v) is 16.2. The van der Waals surface area contributed by atoms with Gasteiger partial charge in [-0.15, -0.1) is 0 Å². The second-order valence-corrected chi connectivity index (χ2v) is 7.61. The number of amides is 3. The average molecular weight is 357 g/mol. The van der Waals surface area contributed by atoms with E-state index in [0.717, 1.165) is 5.56 Å². The van der Waals surface area contributed by atoms with Crippen LogP contribution in [0.1, 0.15) is 55.5 Å². The van der Waals surface area contributed by atoms with Gasteiger partial charge in [-0.25, -0.2) is 4.79 Å². The summed E-state index contributed by atoms with van der Waals surface area (Å²) in [5.74, 6) is 1.48. The van der Waals surface area contributed by atoms with Crippen LogP contribution in [0.15, 0.2) is 24.3 Å². The van der Waals surface area contributed by atoms with E-state index >= 15 is 0 Å². The van der Waals surface area contributed by atoms with E-state index in [4.69, 9.17) is 0 Å². The third-order valence-corrected chi connectivity index (χ3v) is 5.67. The Kier molecular flexibility index (Phi) is 5.84. The molecule has 3 amide bonds. The van der Waals surface area contributed by atoms with E-state index in [-0.39, 0.29) is 11.9 Å². The van der Waals surface area contributed by atoms with Crippen molar-refractivity contribution in [1.29, 1.82) is 0 Å². The summed E-state index contributed by atoms with van der Waals surface area (Å²) in [5.41, 5.74) is 1.71. The Hall–Kier alpha value is -2.04. The molecular weight excluding hydrogens is 326 g/mol. The Morgan fingerprint density at radius 3 is 2.04 bits per heavy atom. The maximum absolute atomic E-state index is 12.5. The van der Waals surface area contributed by atoms with Crippen LogP contribution >= 0.6 is 0 Å². The van der Waals surface area contributed by atoms with Crippen LogP contribution in [-0.4, -0.2) is 47.9 Å². The fraction of sp³-hybridized carbons (Fsp3) is 0.619. The van der Waals surface area contributed by atoms with Gasteiger partial charge in [-0.2, -0.15) is 0 Å². The van der Waals surface area contributed by atoms with E-state index in [1.807, 2.05) is 55.0 Å². The highest BCUT2D eigenvalue weighted by atomic mass is 16.2. The number of urea groups is 1. The molecule has 26 heavy (non-hydrogen) atoms. The Morgan fingerprint density at radius 2 is 1.58 bits per heavy atom. The van der Waals surface area contributed by atoms with Crippen LogP contribution in [-0.2, 0) is 6.54 Å². The maximum atomic E-state index is 12.5. The molecule has 0 unspecified atom stereocenters. The second kappa shape index (κ2) is 8.11. The summed E-state index contributed by atoms with van der Waals surface area (Å²) in [5, 5.41) is 3.03. The summed E-state index contributed by atoms with van der Waals surface area (Å²) in [7, 11) is 1.93. The zero-order valence-electron chi connectivity index (χ0n) is 16.2. The molecule has 0 aromatic heterocycles. The predicted molar refractivity (Wildman–Crippen MR) is 103 cm³/mol. The summed E-state index contributed by atoms with van der Waals surface area (Å²) in [4.78, 5) is 28.6. The van der Waals surface area contributed by atoms with Crippen molar-refractivity contribution in [2.24, 2.45) is 11.8 Å². The van der Waals surface area contributed by atoms with Crippen LogP contribution in [0.4, 0.5) is 4.79 Å². The number of hydrogen-bond acceptors (Lipinski definition) is 2. The molecule has 0 atom stereocenters. The minimum absolute atomic E-state index is 0.0112. The lowest BCUT2D eigenvalue weighted by molar-refractivity contribution is 0.0773. The predicted octanol–water partition coefficient (Wildman–Crippen LogP) is 3.50. The number of hydrogen-bond donors (Lipinski definition) is 1. The standard InChI is InChI=1S/C21H31N3O2/c1-4-24(5-2)20(25)18-8-6-15(7-9-18)14-22-21(26)23(3)19(16-10-11-16)17-12-13-17/h6-9,16-17,19H,4-5,10-14H2,1-3H3,(H,22,26). The Labute approximate surface area is 156 Å². The maximum Gasteiger partial charge on any atom is 0.317 e. The van der Waals surface area contributed by atoms with Gasteiger partial charge in [0.15, 0.2) is 0 Å². The van der Waals surface area contributed by atoms with E-state index in [1.165, 1.54) is 25.7 Å². The minimum atomic E-state index is 0.0112. The number of benzene rings is 1. The first-order valence-corrected chi connectivity index (χ1v) is 9.94. The number of rotatable bonds is 8. The molecule has 5 heteroatoms. The van der Waals surface area contributed by atoms with Gasteiger partial charge in [0.1, 0.15) is 0 Å². The molecular formula is C21H31N3O2. The molecule has 0 bridgehead atoms. The van der Waals surface area contributed by atoms with E-state index in [2.05, 4.69) is 5.32 Å². The van der Waals surface area contributed by atoms with Gasteiger partial charge < -0.3 is 15.1 Å². The van der Waals surface area contributed by atoms with Gasteiger partial charge in [-0.05, 0) is 69.1 Å². The Bertz CT molecular complexity index is 619. The van der Waals surface area contributed by atoms with Gasteiger partial charge in [-0.1, -0.05) is 12.1 Å². The third kappa shape index (κ3) is 4.37. The number of nitrogens with zero attached hydrogens (tertiary/aromatic N) is 2. The fourth-order valence-corrected chi connectivity index (χ4v) is 3.79. The van der Waals surface area contributed by atoms with Crippen LogP contribution in [0.25, 0.3) is 0 Å². The largest absolute Gasteiger partial charge is 0.339 e. The summed E-state index contributed by atoms with van der Waals surface area (Å²) < 4.78 is 0. The normalized spacial score (nSPS) is 16.5. The van der Waals surface area contributed by atoms with Gasteiger partial charge in [0.05, 0.1) is 0 Å². The molecule has 1 aromatic rings. The molecule has 1 N–H and O–H groups in total. The van der Waals surface area contributed by atoms with Crippen molar-refractivity contribution >= 4 is 11.9 Å². The first kappa shape index (κ1) is 18.7. The third-order valence-electron chi connectivity index (χ3n) is 5.67. The molecule has 142 valence electrons. The lowest BCUT2D eigenvalue weighted by atomic mass is 10.1. The van der Waals surface area contributed by atoms with Crippen molar-refractivity contribution < 1.29 is 9.59 Å². The van der Waals surface area contributed by atoms with E-state index in [1.54, 1.807) is 0 Å². The van der Waals surface area contributed by atoms with Crippen molar-refractivity contribution in [1.82, 2.24) is 15.1 Å². The smallest absolute Gasteiger partial charge is 0.317 e. The topological polar surface area (TPSA) is 52.7 Å². The summed E-state index contributed by atoms with van der Waals surface area (Å²) in [6.45, 7) is 5.88. The first-order chi connectivity index (χ1) is 12.5. The molecule has 5 nitrogen and oxygen atoms in total. The van der Waals surface area contributed by atoms with E-state index in [9.17, 15) is 9.59 Å². The van der Waals surface area contributed by atoms with Crippen molar-refractivity contribution in [2.75, 3.05) is 20.1 Å². The van der Waals surface area contributed by atoms with E-state index < -0.39 is 0 Å². The number of carbonyl (C=O) groups is 2. The SMILES string of the molecule is CCN(CC)C(=O)c1ccc(CNC(=O)N(C)C(C2CC2)C2CC2)cc1. The summed E-state index contributed by atoms with van der Waals surface area (Å²) in [6.07, 6.45) is 5.06. The number of carbonyl (C=O) groups excluding carboxylic acids is 2. The van der Waals surface area contributed by atoms with Crippen LogP contribution in [0, 0.1) is 11.8 Å². The molecule has 2 aliphatic carbocycles. The van der Waals surface area contributed by atoms with Crippen LogP contribution in [0.2, 0.25) is 0 Å². The molecule has 0 aliphatic heterocycles. The monoisotopic (exact) mass is 357 g/mol. The van der Waals surface area contributed by atoms with Crippen molar-refractivity contribution in [2.45, 2.75) is 52.1 Å². The first-order valence-electron chi connectivity index (χ1n) is 9.94. The molecule has 0 saturated heterocycles. The zero-order chi connectivity index (χ0) is 18.7. The average Bonchev–Trinajstić information content (AvgIpc) is 3.56. The van der Waals surface area contributed by atoms with Crippen molar-refractivity contribution in [3.8, 4) is 0 Å². The van der Waals surface area contributed by atoms with Crippen molar-refractivity contribution in [3.63, 3.8) is 0 Å². The molecule has 3 rings (SSSR count). The van der Waals surface area contributed by atoms with Gasteiger partial charge in [0, 0.05) is 38.3 Å². The lowest BCUT2D eigenvalue weighted by Crippen LogP contribution is -2.45. The highest BCUT2D eigenvalue weighted by molar-refractivity contribution is 5.94. The summed E-state index contributed by atoms with van der Waals surface area (Å²) >= 11 is 0. The van der Waals surface area contributed by atoms with Gasteiger partial charge in [-0.3, -0.25) is 4.79 Å². The quantitative estimate of drug-likeness (QED) is 0.774. The molecule has 2 saturated carbocycles. The molecule has 0 heterocycles. The van der Waals surface area contributed by atoms with Crippen molar-refractivity contribution in [3.05, 3.63) is 35.4 Å². The van der Waals surface area contributed by atoms with Gasteiger partial charge in [0.2, 0.25) is 0 Å². The minimum Gasteiger partial charge on any atom is -0.339 e. The molecule has 2 aliphatic rings. The van der Waals surface area contributed by atoms with Crippen LogP contribution in [0.3, 0.4) is 0 Å². The van der Waals surface area contributed by atoms with E-state index in [0.29, 0.717) is 43.1 Å². The molecule has 1 aromatic carbocycles. The Morgan fingerprint density at radius 1 is 1.04 bits per heavy atom. The number of nitrogens with one attached hydrogen (secondary N) is 1. The van der Waals surface area contributed by atoms with Gasteiger partial charge in [0.25, 0.3) is 5.91 Å². The van der Waals surface area contributed by atoms with Gasteiger partial charge >= 0.3 is 6.03 Å². The molecule has 0 radical (unpaired) electrons. The highest BCUT2D eigenvalue weighted by Gasteiger charge is 2.44. The molecule has 2 fully saturated rings. The lowest BCUT2D eigenvalue weighted by Gasteiger charge is -2.28. The second-order valence-electron chi connectivity index (χ2n) is 7.61. The molecule has 0 spiro atoms. The van der Waals surface area contributed by atoms with Crippen LogP contribution in [0.5, 0.6) is 0 Å². The fourth-order valence-electron chi connectivity index (χ4n) is 3.79. The highest BCUT2D eigenvalue weighted by Crippen LogP contribution is 2.46. The summed E-state index contributed by atoms with van der Waals surface area (Å²) in [6, 6.07) is 7.99. The Balaban J connectivity index is 1.52.